The van der Waals surface area contributed by atoms with Crippen LogP contribution in [0.5, 0.6) is 11.6 Å². The Balaban J connectivity index is 1.16. The number of rotatable bonds is 4. The van der Waals surface area contributed by atoms with Gasteiger partial charge in [0.2, 0.25) is 5.88 Å². The maximum atomic E-state index is 13.3. The Bertz CT molecular complexity index is 1370. The van der Waals surface area contributed by atoms with E-state index < -0.39 is 23.4 Å². The van der Waals surface area contributed by atoms with Gasteiger partial charge in [-0.1, -0.05) is 12.1 Å². The van der Waals surface area contributed by atoms with Gasteiger partial charge < -0.3 is 15.0 Å². The van der Waals surface area contributed by atoms with Crippen molar-refractivity contribution >= 4 is 29.2 Å². The van der Waals surface area contributed by atoms with Crippen molar-refractivity contribution in [2.24, 2.45) is 0 Å². The number of halogens is 1. The van der Waals surface area contributed by atoms with Gasteiger partial charge in [-0.3, -0.25) is 20.2 Å². The Morgan fingerprint density at radius 3 is 2.51 bits per heavy atom. The quantitative estimate of drug-likeness (QED) is 0.466. The average Bonchev–Trinajstić information content (AvgIpc) is 3.34. The number of benzene rings is 2. The van der Waals surface area contributed by atoms with Crippen molar-refractivity contribution in [2.75, 3.05) is 16.8 Å². The van der Waals surface area contributed by atoms with E-state index in [-0.39, 0.29) is 11.9 Å². The van der Waals surface area contributed by atoms with E-state index >= 15 is 0 Å². The van der Waals surface area contributed by atoms with E-state index in [4.69, 9.17) is 4.74 Å². The number of anilines is 2. The van der Waals surface area contributed by atoms with Crippen molar-refractivity contribution in [3.63, 3.8) is 0 Å². The van der Waals surface area contributed by atoms with Gasteiger partial charge in [-0.25, -0.2) is 14.2 Å². The Kier molecular flexibility index (Phi) is 5.51. The molecule has 3 aliphatic rings. The maximum Gasteiger partial charge on any atom is 0.328 e. The average molecular weight is 502 g/mol. The van der Waals surface area contributed by atoms with Crippen LogP contribution >= 0.6 is 0 Å². The number of ether oxygens (including phenoxy) is 1. The fraction of sp³-hybridized carbons (Fsp3) is 0.259. The molecule has 1 aromatic heterocycles. The van der Waals surface area contributed by atoms with Crippen LogP contribution in [0, 0.1) is 5.82 Å². The molecule has 0 bridgehead atoms. The van der Waals surface area contributed by atoms with Crippen LogP contribution in [0.4, 0.5) is 20.6 Å². The second-order valence-electron chi connectivity index (χ2n) is 9.42. The number of imide groups is 2. The summed E-state index contributed by atoms with van der Waals surface area (Å²) < 4.78 is 19.2. The van der Waals surface area contributed by atoms with Crippen LogP contribution in [-0.4, -0.2) is 34.9 Å². The van der Waals surface area contributed by atoms with Gasteiger partial charge in [0.25, 0.3) is 11.8 Å². The summed E-state index contributed by atoms with van der Waals surface area (Å²) in [5, 5.41) is 7.93. The van der Waals surface area contributed by atoms with E-state index in [1.54, 1.807) is 35.4 Å². The van der Waals surface area contributed by atoms with Crippen LogP contribution in [0.2, 0.25) is 0 Å². The molecule has 1 spiro atoms. The molecule has 10 heteroatoms. The van der Waals surface area contributed by atoms with E-state index in [1.807, 2.05) is 18.2 Å². The summed E-state index contributed by atoms with van der Waals surface area (Å²) in [5.74, 6) is -0.475. The topological polar surface area (TPSA) is 113 Å². The summed E-state index contributed by atoms with van der Waals surface area (Å²) in [6, 6.07) is 15.1. The number of aromatic nitrogens is 1. The molecule has 6 rings (SSSR count). The molecule has 0 saturated carbocycles. The highest BCUT2D eigenvalue weighted by Gasteiger charge is 2.57. The number of carbonyl (C=O) groups is 3. The molecule has 4 amide bonds. The lowest BCUT2D eigenvalue weighted by Gasteiger charge is -2.38. The van der Waals surface area contributed by atoms with Crippen LogP contribution in [0.25, 0.3) is 0 Å². The smallest absolute Gasteiger partial charge is 0.328 e. The molecule has 37 heavy (non-hydrogen) atoms. The molecule has 9 nitrogen and oxygen atoms in total. The first-order chi connectivity index (χ1) is 17.9. The number of nitrogens with one attached hydrogen (secondary N) is 3. The minimum atomic E-state index is -1.46. The van der Waals surface area contributed by atoms with E-state index in [0.717, 1.165) is 29.7 Å². The molecule has 3 aromatic rings. The summed E-state index contributed by atoms with van der Waals surface area (Å²) in [6.07, 6.45) is 4.21. The number of fused-ring (bicyclic) bond motifs is 1. The predicted molar refractivity (Wildman–Crippen MR) is 133 cm³/mol. The fourth-order valence-corrected chi connectivity index (χ4v) is 5.39. The summed E-state index contributed by atoms with van der Waals surface area (Å²) in [5.41, 5.74) is 2.31. The number of carbonyl (C=O) groups excluding carboxylic acids is 3. The number of aryl methyl sites for hydroxylation is 1. The van der Waals surface area contributed by atoms with Crippen molar-refractivity contribution < 1.29 is 23.5 Å². The number of barbiturate groups is 1. The molecule has 0 radical (unpaired) electrons. The monoisotopic (exact) mass is 501 g/mol. The molecule has 3 N–H and O–H groups in total. The van der Waals surface area contributed by atoms with Crippen molar-refractivity contribution in [3.05, 3.63) is 77.7 Å². The third-order valence-corrected chi connectivity index (χ3v) is 7.22. The number of amides is 4. The number of nitrogens with zero attached hydrogens (tertiary/aromatic N) is 2. The SMILES string of the molecule is O=C1NC(=O)C2(CCCN2c2ccc(Oc3ccc4c(c3)CCC(c3ccc(F)cc3)N4)nc2)C(=O)N1. The van der Waals surface area contributed by atoms with E-state index in [0.29, 0.717) is 36.7 Å². The fourth-order valence-electron chi connectivity index (χ4n) is 5.39. The van der Waals surface area contributed by atoms with E-state index in [1.165, 1.54) is 12.1 Å². The lowest BCUT2D eigenvalue weighted by atomic mass is 9.92. The van der Waals surface area contributed by atoms with Crippen LogP contribution in [0.1, 0.15) is 36.4 Å². The summed E-state index contributed by atoms with van der Waals surface area (Å²) in [7, 11) is 0. The molecule has 1 atom stereocenters. The summed E-state index contributed by atoms with van der Waals surface area (Å²) >= 11 is 0. The molecule has 2 saturated heterocycles. The van der Waals surface area contributed by atoms with Gasteiger partial charge in [0.1, 0.15) is 11.6 Å². The van der Waals surface area contributed by atoms with Gasteiger partial charge in [-0.2, -0.15) is 0 Å². The third-order valence-electron chi connectivity index (χ3n) is 7.22. The molecular formula is C27H24FN5O4. The Labute approximate surface area is 212 Å². The van der Waals surface area contributed by atoms with Crippen molar-refractivity contribution in [3.8, 4) is 11.6 Å². The first-order valence-electron chi connectivity index (χ1n) is 12.2. The second kappa shape index (κ2) is 8.88. The predicted octanol–water partition coefficient (Wildman–Crippen LogP) is 3.82. The van der Waals surface area contributed by atoms with Crippen molar-refractivity contribution in [2.45, 2.75) is 37.3 Å². The zero-order valence-electron chi connectivity index (χ0n) is 19.8. The van der Waals surface area contributed by atoms with Gasteiger partial charge in [0.15, 0.2) is 5.54 Å². The highest BCUT2D eigenvalue weighted by atomic mass is 19.1. The minimum absolute atomic E-state index is 0.120. The largest absolute Gasteiger partial charge is 0.439 e. The Hall–Kier alpha value is -4.47. The van der Waals surface area contributed by atoms with Gasteiger partial charge >= 0.3 is 6.03 Å². The normalized spacial score (nSPS) is 20.2. The Morgan fingerprint density at radius 2 is 1.78 bits per heavy atom. The van der Waals surface area contributed by atoms with Gasteiger partial charge in [0.05, 0.1) is 17.9 Å². The van der Waals surface area contributed by atoms with Crippen LogP contribution in [-0.2, 0) is 16.0 Å². The molecule has 0 aliphatic carbocycles. The van der Waals surface area contributed by atoms with Crippen molar-refractivity contribution in [1.82, 2.24) is 15.6 Å². The molecule has 188 valence electrons. The maximum absolute atomic E-state index is 13.3. The minimum Gasteiger partial charge on any atom is -0.439 e. The number of pyridine rings is 1. The second-order valence-corrected chi connectivity index (χ2v) is 9.42. The zero-order chi connectivity index (χ0) is 25.6. The number of urea groups is 1. The lowest BCUT2D eigenvalue weighted by molar-refractivity contribution is -0.137. The molecule has 2 fully saturated rings. The highest BCUT2D eigenvalue weighted by molar-refractivity contribution is 6.24. The first-order valence-corrected chi connectivity index (χ1v) is 12.2. The zero-order valence-corrected chi connectivity index (χ0v) is 19.8. The number of hydrogen-bond donors (Lipinski definition) is 3. The standard InChI is InChI=1S/C27H24FN5O4/c28-18-5-2-16(3-6-18)21-9-4-17-14-20(8-10-22(17)30-21)37-23-11-7-19(15-29-23)33-13-1-12-27(33)24(34)31-26(36)32-25(27)35/h2-3,5-8,10-11,14-15,21,30H,1,4,9,12-13H2,(H2,31,32,34,35,36). The van der Waals surface area contributed by atoms with Crippen LogP contribution in [0.3, 0.4) is 0 Å². The van der Waals surface area contributed by atoms with E-state index in [9.17, 15) is 18.8 Å². The van der Waals surface area contributed by atoms with Gasteiger partial charge in [-0.15, -0.1) is 0 Å². The van der Waals surface area contributed by atoms with Gasteiger partial charge in [-0.05, 0) is 73.2 Å². The van der Waals surface area contributed by atoms with Gasteiger partial charge in [0, 0.05) is 18.3 Å². The van der Waals surface area contributed by atoms with E-state index in [2.05, 4.69) is 20.9 Å². The third kappa shape index (κ3) is 4.04. The molecule has 3 aliphatic heterocycles. The van der Waals surface area contributed by atoms with Crippen LogP contribution < -0.4 is 25.6 Å². The molecule has 1 unspecified atom stereocenters. The Morgan fingerprint density at radius 1 is 1.00 bits per heavy atom. The summed E-state index contributed by atoms with van der Waals surface area (Å²) in [4.78, 5) is 42.9. The molecular weight excluding hydrogens is 477 g/mol. The van der Waals surface area contributed by atoms with Crippen LogP contribution in [0.15, 0.2) is 60.8 Å². The number of hydrogen-bond acceptors (Lipinski definition) is 7. The van der Waals surface area contributed by atoms with Crippen molar-refractivity contribution in [1.29, 1.82) is 0 Å². The first kappa shape index (κ1) is 23.0. The summed E-state index contributed by atoms with van der Waals surface area (Å²) in [6.45, 7) is 0.480. The molecule has 4 heterocycles. The molecule has 2 aromatic carbocycles. The highest BCUT2D eigenvalue weighted by Crippen LogP contribution is 2.38. The lowest BCUT2D eigenvalue weighted by Crippen LogP contribution is -2.71.